The Labute approximate surface area is 150 Å². The largest absolute Gasteiger partial charge is 0.457 e. The number of esters is 1. The molecule has 1 aromatic heterocycles. The Balaban J connectivity index is 1.47. The molecule has 1 heterocycles. The summed E-state index contributed by atoms with van der Waals surface area (Å²) in [4.78, 5) is 23.7. The lowest BCUT2D eigenvalue weighted by atomic mass is 10.1. The van der Waals surface area contributed by atoms with E-state index in [1.54, 1.807) is 24.3 Å². The second-order valence-electron chi connectivity index (χ2n) is 5.82. The van der Waals surface area contributed by atoms with Crippen molar-refractivity contribution in [3.8, 4) is 11.5 Å². The highest BCUT2D eigenvalue weighted by molar-refractivity contribution is 5.97. The molecule has 0 aliphatic heterocycles. The maximum absolute atomic E-state index is 11.9. The number of carbonyl (C=O) groups excluding carboxylic acids is 2. The SMILES string of the molecule is Cc1ccc(-c2nnc(CCC(=O)OCC(=O)c3ccccc3)o2)cc1. The van der Waals surface area contributed by atoms with E-state index in [1.165, 1.54) is 0 Å². The van der Waals surface area contributed by atoms with E-state index < -0.39 is 5.97 Å². The summed E-state index contributed by atoms with van der Waals surface area (Å²) in [6.45, 7) is 1.72. The normalized spacial score (nSPS) is 10.5. The Morgan fingerprint density at radius 3 is 2.46 bits per heavy atom. The van der Waals surface area contributed by atoms with Crippen molar-refractivity contribution in [3.05, 3.63) is 71.6 Å². The lowest BCUT2D eigenvalue weighted by Crippen LogP contribution is -2.14. The maximum atomic E-state index is 11.9. The minimum absolute atomic E-state index is 0.0671. The average Bonchev–Trinajstić information content (AvgIpc) is 3.14. The van der Waals surface area contributed by atoms with Gasteiger partial charge < -0.3 is 9.15 Å². The molecule has 6 heteroatoms. The van der Waals surface area contributed by atoms with Crippen LogP contribution in [0.1, 0.15) is 28.2 Å². The minimum atomic E-state index is -0.482. The number of benzene rings is 2. The second-order valence-corrected chi connectivity index (χ2v) is 5.82. The molecule has 3 aromatic rings. The van der Waals surface area contributed by atoms with Crippen molar-refractivity contribution in [2.45, 2.75) is 19.8 Å². The molecule has 132 valence electrons. The summed E-state index contributed by atoms with van der Waals surface area (Å²) in [7, 11) is 0. The lowest BCUT2D eigenvalue weighted by molar-refractivity contribution is -0.142. The predicted octanol–water partition coefficient (Wildman–Crippen LogP) is 3.40. The van der Waals surface area contributed by atoms with E-state index in [1.807, 2.05) is 37.3 Å². The molecule has 0 saturated carbocycles. The monoisotopic (exact) mass is 350 g/mol. The van der Waals surface area contributed by atoms with Gasteiger partial charge in [0.05, 0.1) is 6.42 Å². The molecule has 0 aliphatic carbocycles. The predicted molar refractivity (Wildman–Crippen MR) is 94.5 cm³/mol. The van der Waals surface area contributed by atoms with Gasteiger partial charge in [0.1, 0.15) is 0 Å². The highest BCUT2D eigenvalue weighted by atomic mass is 16.5. The van der Waals surface area contributed by atoms with Gasteiger partial charge in [0, 0.05) is 17.5 Å². The van der Waals surface area contributed by atoms with Crippen LogP contribution in [0.2, 0.25) is 0 Å². The van der Waals surface area contributed by atoms with Crippen LogP contribution < -0.4 is 0 Å². The molecule has 0 atom stereocenters. The van der Waals surface area contributed by atoms with E-state index in [9.17, 15) is 9.59 Å². The summed E-state index contributed by atoms with van der Waals surface area (Å²) < 4.78 is 10.6. The van der Waals surface area contributed by atoms with Crippen molar-refractivity contribution in [1.29, 1.82) is 0 Å². The zero-order valence-corrected chi connectivity index (χ0v) is 14.3. The molecule has 0 unspecified atom stereocenters. The number of rotatable bonds is 7. The molecule has 0 radical (unpaired) electrons. The van der Waals surface area contributed by atoms with Crippen molar-refractivity contribution in [2.24, 2.45) is 0 Å². The molecule has 26 heavy (non-hydrogen) atoms. The minimum Gasteiger partial charge on any atom is -0.457 e. The highest BCUT2D eigenvalue weighted by Gasteiger charge is 2.13. The molecule has 0 fully saturated rings. The number of hydrogen-bond donors (Lipinski definition) is 0. The first-order chi connectivity index (χ1) is 12.6. The van der Waals surface area contributed by atoms with E-state index in [0.717, 1.165) is 11.1 Å². The van der Waals surface area contributed by atoms with Gasteiger partial charge in [-0.3, -0.25) is 9.59 Å². The number of hydrogen-bond acceptors (Lipinski definition) is 6. The van der Waals surface area contributed by atoms with E-state index >= 15 is 0 Å². The number of ketones is 1. The Bertz CT molecular complexity index is 886. The summed E-state index contributed by atoms with van der Waals surface area (Å²) in [6.07, 6.45) is 0.328. The van der Waals surface area contributed by atoms with Crippen LogP contribution in [0.3, 0.4) is 0 Å². The number of aromatic nitrogens is 2. The van der Waals surface area contributed by atoms with Gasteiger partial charge in [-0.2, -0.15) is 0 Å². The van der Waals surface area contributed by atoms with Crippen LogP contribution in [0.4, 0.5) is 0 Å². The van der Waals surface area contributed by atoms with Crippen molar-refractivity contribution in [3.63, 3.8) is 0 Å². The van der Waals surface area contributed by atoms with E-state index in [2.05, 4.69) is 10.2 Å². The Kier molecular flexibility index (Phi) is 5.53. The van der Waals surface area contributed by atoms with E-state index in [4.69, 9.17) is 9.15 Å². The zero-order chi connectivity index (χ0) is 18.4. The smallest absolute Gasteiger partial charge is 0.306 e. The summed E-state index contributed by atoms with van der Waals surface area (Å²) in [6, 6.07) is 16.4. The lowest BCUT2D eigenvalue weighted by Gasteiger charge is -2.03. The van der Waals surface area contributed by atoms with Gasteiger partial charge in [0.15, 0.2) is 12.4 Å². The van der Waals surface area contributed by atoms with Gasteiger partial charge in [0.2, 0.25) is 11.8 Å². The van der Waals surface area contributed by atoms with Gasteiger partial charge in [-0.1, -0.05) is 48.0 Å². The fraction of sp³-hybridized carbons (Fsp3) is 0.200. The van der Waals surface area contributed by atoms with Crippen LogP contribution in [0.5, 0.6) is 0 Å². The molecular weight excluding hydrogens is 332 g/mol. The third kappa shape index (κ3) is 4.63. The van der Waals surface area contributed by atoms with Crippen molar-refractivity contribution in [1.82, 2.24) is 10.2 Å². The van der Waals surface area contributed by atoms with Crippen LogP contribution in [0, 0.1) is 6.92 Å². The molecule has 0 spiro atoms. The Hall–Kier alpha value is -3.28. The van der Waals surface area contributed by atoms with Crippen LogP contribution in [0.15, 0.2) is 59.0 Å². The maximum Gasteiger partial charge on any atom is 0.306 e. The van der Waals surface area contributed by atoms with E-state index in [-0.39, 0.29) is 25.2 Å². The molecule has 0 aliphatic rings. The average molecular weight is 350 g/mol. The summed E-state index contributed by atoms with van der Waals surface area (Å²) in [5.74, 6) is 0.0438. The third-order valence-electron chi connectivity index (χ3n) is 3.77. The highest BCUT2D eigenvalue weighted by Crippen LogP contribution is 2.18. The second kappa shape index (κ2) is 8.20. The van der Waals surface area contributed by atoms with Crippen LogP contribution >= 0.6 is 0 Å². The third-order valence-corrected chi connectivity index (χ3v) is 3.77. The van der Waals surface area contributed by atoms with Crippen molar-refractivity contribution < 1.29 is 18.7 Å². The van der Waals surface area contributed by atoms with Gasteiger partial charge in [-0.15, -0.1) is 10.2 Å². The quantitative estimate of drug-likeness (QED) is 0.480. The van der Waals surface area contributed by atoms with Gasteiger partial charge in [-0.25, -0.2) is 0 Å². The topological polar surface area (TPSA) is 82.3 Å². The van der Waals surface area contributed by atoms with Crippen LogP contribution in [-0.2, 0) is 16.0 Å². The first-order valence-electron chi connectivity index (χ1n) is 8.25. The number of ether oxygens (including phenoxy) is 1. The van der Waals surface area contributed by atoms with Crippen LogP contribution in [0.25, 0.3) is 11.5 Å². The Morgan fingerprint density at radius 1 is 1.00 bits per heavy atom. The standard InChI is InChI=1S/C20H18N2O4/c1-14-7-9-16(10-8-14)20-22-21-18(26-20)11-12-19(24)25-13-17(23)15-5-3-2-4-6-15/h2-10H,11-13H2,1H3. The number of nitrogens with zero attached hydrogens (tertiary/aromatic N) is 2. The molecular formula is C20H18N2O4. The molecule has 6 nitrogen and oxygen atoms in total. The molecule has 2 aromatic carbocycles. The Morgan fingerprint density at radius 2 is 1.73 bits per heavy atom. The van der Waals surface area contributed by atoms with Gasteiger partial charge >= 0.3 is 5.97 Å². The fourth-order valence-corrected chi connectivity index (χ4v) is 2.30. The summed E-state index contributed by atoms with van der Waals surface area (Å²) in [5.41, 5.74) is 2.48. The van der Waals surface area contributed by atoms with Gasteiger partial charge in [-0.05, 0) is 19.1 Å². The first kappa shape index (κ1) is 17.5. The number of Topliss-reactive ketones (excluding diaryl/α,β-unsaturated/α-hetero) is 1. The molecule has 0 saturated heterocycles. The zero-order valence-electron chi connectivity index (χ0n) is 14.3. The first-order valence-corrected chi connectivity index (χ1v) is 8.25. The van der Waals surface area contributed by atoms with E-state index in [0.29, 0.717) is 17.3 Å². The van der Waals surface area contributed by atoms with Gasteiger partial charge in [0.25, 0.3) is 0 Å². The summed E-state index contributed by atoms with van der Waals surface area (Å²) >= 11 is 0. The molecule has 0 N–H and O–H groups in total. The summed E-state index contributed by atoms with van der Waals surface area (Å²) in [5, 5.41) is 7.92. The molecule has 0 amide bonds. The van der Waals surface area contributed by atoms with Crippen molar-refractivity contribution >= 4 is 11.8 Å². The molecule has 3 rings (SSSR count). The number of aryl methyl sites for hydroxylation is 2. The van der Waals surface area contributed by atoms with Crippen molar-refractivity contribution in [2.75, 3.05) is 6.61 Å². The number of carbonyl (C=O) groups is 2. The fourth-order valence-electron chi connectivity index (χ4n) is 2.30. The molecule has 0 bridgehead atoms. The van der Waals surface area contributed by atoms with Crippen LogP contribution in [-0.4, -0.2) is 28.6 Å².